The zero-order valence-electron chi connectivity index (χ0n) is 11.5. The van der Waals surface area contributed by atoms with Gasteiger partial charge >= 0.3 is 0 Å². The molecule has 1 aliphatic heterocycles. The Morgan fingerprint density at radius 2 is 2.15 bits per heavy atom. The molecule has 1 saturated heterocycles. The summed E-state index contributed by atoms with van der Waals surface area (Å²) in [6.45, 7) is 3.81. The molecular formula is C14H21N3O3. The Bertz CT molecular complexity index is 436. The predicted octanol–water partition coefficient (Wildman–Crippen LogP) is -0.290. The highest BCUT2D eigenvalue weighted by Crippen LogP contribution is 2.15. The van der Waals surface area contributed by atoms with Crippen LogP contribution in [-0.2, 0) is 16.1 Å². The Morgan fingerprint density at radius 1 is 1.40 bits per heavy atom. The molecule has 4 N–H and O–H groups in total. The lowest BCUT2D eigenvalue weighted by Gasteiger charge is -2.32. The summed E-state index contributed by atoms with van der Waals surface area (Å²) >= 11 is 0. The zero-order chi connectivity index (χ0) is 14.4. The van der Waals surface area contributed by atoms with Crippen molar-refractivity contribution in [2.75, 3.05) is 32.8 Å². The van der Waals surface area contributed by atoms with E-state index in [1.54, 1.807) is 0 Å². The van der Waals surface area contributed by atoms with Crippen molar-refractivity contribution in [2.45, 2.75) is 12.6 Å². The van der Waals surface area contributed by atoms with Crippen LogP contribution in [0, 0.1) is 0 Å². The quantitative estimate of drug-likeness (QED) is 0.747. The number of hydrogen-bond donors (Lipinski definition) is 2. The van der Waals surface area contributed by atoms with Crippen LogP contribution >= 0.6 is 0 Å². The molecule has 1 heterocycles. The van der Waals surface area contributed by atoms with E-state index in [4.69, 9.17) is 20.9 Å². The van der Waals surface area contributed by atoms with Crippen molar-refractivity contribution >= 4 is 5.91 Å². The third kappa shape index (κ3) is 4.48. The SMILES string of the molecule is NCC1CN(Cc2ccc(OCC(N)=O)cc2)CCO1. The van der Waals surface area contributed by atoms with E-state index >= 15 is 0 Å². The second kappa shape index (κ2) is 7.23. The van der Waals surface area contributed by atoms with E-state index in [-0.39, 0.29) is 12.7 Å². The summed E-state index contributed by atoms with van der Waals surface area (Å²) in [5.74, 6) is 0.171. The molecule has 0 radical (unpaired) electrons. The first-order valence-electron chi connectivity index (χ1n) is 6.71. The number of carbonyl (C=O) groups is 1. The largest absolute Gasteiger partial charge is 0.484 e. The lowest BCUT2D eigenvalue weighted by molar-refractivity contribution is -0.119. The summed E-state index contributed by atoms with van der Waals surface area (Å²) < 4.78 is 10.8. The monoisotopic (exact) mass is 279 g/mol. The van der Waals surface area contributed by atoms with E-state index in [0.717, 1.165) is 26.2 Å². The fourth-order valence-electron chi connectivity index (χ4n) is 2.17. The standard InChI is InChI=1S/C14H21N3O3/c15-7-13-9-17(5-6-19-13)8-11-1-3-12(4-2-11)20-10-14(16)18/h1-4,13H,5-10,15H2,(H2,16,18). The van der Waals surface area contributed by atoms with Crippen molar-refractivity contribution in [1.29, 1.82) is 0 Å². The van der Waals surface area contributed by atoms with Crippen molar-refractivity contribution in [3.05, 3.63) is 29.8 Å². The number of rotatable bonds is 6. The van der Waals surface area contributed by atoms with Gasteiger partial charge in [-0.25, -0.2) is 0 Å². The normalized spacial score (nSPS) is 19.8. The van der Waals surface area contributed by atoms with Gasteiger partial charge in [0.15, 0.2) is 6.61 Å². The summed E-state index contributed by atoms with van der Waals surface area (Å²) in [6.07, 6.45) is 0.127. The molecule has 6 heteroatoms. The highest BCUT2D eigenvalue weighted by molar-refractivity contribution is 5.75. The number of amides is 1. The van der Waals surface area contributed by atoms with E-state index in [1.807, 2.05) is 24.3 Å². The Balaban J connectivity index is 1.85. The van der Waals surface area contributed by atoms with E-state index in [9.17, 15) is 4.79 Å². The fraction of sp³-hybridized carbons (Fsp3) is 0.500. The molecule has 0 spiro atoms. The van der Waals surface area contributed by atoms with Crippen molar-refractivity contribution in [1.82, 2.24) is 4.90 Å². The van der Waals surface area contributed by atoms with Crippen LogP contribution in [0.2, 0.25) is 0 Å². The first kappa shape index (κ1) is 14.8. The molecule has 1 atom stereocenters. The van der Waals surface area contributed by atoms with E-state index < -0.39 is 5.91 Å². The number of nitrogens with zero attached hydrogens (tertiary/aromatic N) is 1. The van der Waals surface area contributed by atoms with Gasteiger partial charge in [-0.1, -0.05) is 12.1 Å². The molecule has 6 nitrogen and oxygen atoms in total. The number of hydrogen-bond acceptors (Lipinski definition) is 5. The first-order valence-corrected chi connectivity index (χ1v) is 6.71. The van der Waals surface area contributed by atoms with Crippen LogP contribution in [0.15, 0.2) is 24.3 Å². The molecule has 0 saturated carbocycles. The molecule has 0 aromatic heterocycles. The van der Waals surface area contributed by atoms with Crippen LogP contribution in [0.5, 0.6) is 5.75 Å². The summed E-state index contributed by atoms with van der Waals surface area (Å²) in [7, 11) is 0. The molecule has 1 amide bonds. The maximum Gasteiger partial charge on any atom is 0.255 e. The number of ether oxygens (including phenoxy) is 2. The molecule has 0 aliphatic carbocycles. The Morgan fingerprint density at radius 3 is 2.80 bits per heavy atom. The van der Waals surface area contributed by atoms with Gasteiger partial charge in [0.2, 0.25) is 0 Å². The molecular weight excluding hydrogens is 258 g/mol. The van der Waals surface area contributed by atoms with Gasteiger partial charge in [-0.05, 0) is 17.7 Å². The highest BCUT2D eigenvalue weighted by atomic mass is 16.5. The summed E-state index contributed by atoms with van der Waals surface area (Å²) in [5.41, 5.74) is 11.8. The van der Waals surface area contributed by atoms with Crippen LogP contribution in [0.25, 0.3) is 0 Å². The second-order valence-corrected chi connectivity index (χ2v) is 4.86. The van der Waals surface area contributed by atoms with Gasteiger partial charge in [-0.2, -0.15) is 0 Å². The van der Waals surface area contributed by atoms with Crippen molar-refractivity contribution in [3.8, 4) is 5.75 Å². The Kier molecular flexibility index (Phi) is 5.34. The first-order chi connectivity index (χ1) is 9.67. The third-order valence-electron chi connectivity index (χ3n) is 3.20. The van der Waals surface area contributed by atoms with Crippen LogP contribution in [0.1, 0.15) is 5.56 Å². The average Bonchev–Trinajstić information content (AvgIpc) is 2.47. The lowest BCUT2D eigenvalue weighted by atomic mass is 10.2. The van der Waals surface area contributed by atoms with Gasteiger partial charge < -0.3 is 20.9 Å². The van der Waals surface area contributed by atoms with Gasteiger partial charge in [0, 0.05) is 26.2 Å². The van der Waals surface area contributed by atoms with Gasteiger partial charge in [0.25, 0.3) is 5.91 Å². The minimum absolute atomic E-state index is 0.0962. The summed E-state index contributed by atoms with van der Waals surface area (Å²) in [4.78, 5) is 12.9. The van der Waals surface area contributed by atoms with Crippen LogP contribution < -0.4 is 16.2 Å². The van der Waals surface area contributed by atoms with E-state index in [0.29, 0.717) is 12.3 Å². The van der Waals surface area contributed by atoms with Gasteiger partial charge in [-0.3, -0.25) is 9.69 Å². The predicted molar refractivity (Wildman–Crippen MR) is 75.2 cm³/mol. The van der Waals surface area contributed by atoms with Crippen LogP contribution in [-0.4, -0.2) is 49.8 Å². The topological polar surface area (TPSA) is 90.8 Å². The average molecular weight is 279 g/mol. The van der Waals surface area contributed by atoms with Crippen LogP contribution in [0.4, 0.5) is 0 Å². The molecule has 0 bridgehead atoms. The summed E-state index contributed by atoms with van der Waals surface area (Å²) in [6, 6.07) is 7.67. The van der Waals surface area contributed by atoms with Gasteiger partial charge in [0.05, 0.1) is 12.7 Å². The Hall–Kier alpha value is -1.63. The molecule has 1 aromatic rings. The Labute approximate surface area is 118 Å². The number of benzene rings is 1. The number of primary amides is 1. The van der Waals surface area contributed by atoms with Gasteiger partial charge in [-0.15, -0.1) is 0 Å². The third-order valence-corrected chi connectivity index (χ3v) is 3.20. The van der Waals surface area contributed by atoms with Crippen molar-refractivity contribution in [2.24, 2.45) is 11.5 Å². The molecule has 110 valence electrons. The summed E-state index contributed by atoms with van der Waals surface area (Å²) in [5, 5.41) is 0. The van der Waals surface area contributed by atoms with Crippen molar-refractivity contribution in [3.63, 3.8) is 0 Å². The minimum atomic E-state index is -0.477. The van der Waals surface area contributed by atoms with E-state index in [1.165, 1.54) is 5.56 Å². The minimum Gasteiger partial charge on any atom is -0.484 e. The lowest BCUT2D eigenvalue weighted by Crippen LogP contribution is -2.45. The fourth-order valence-corrected chi connectivity index (χ4v) is 2.17. The smallest absolute Gasteiger partial charge is 0.255 e. The molecule has 1 aromatic carbocycles. The molecule has 20 heavy (non-hydrogen) atoms. The maximum absolute atomic E-state index is 10.6. The molecule has 2 rings (SSSR count). The number of carbonyl (C=O) groups excluding carboxylic acids is 1. The molecule has 1 unspecified atom stereocenters. The molecule has 1 fully saturated rings. The van der Waals surface area contributed by atoms with Crippen molar-refractivity contribution < 1.29 is 14.3 Å². The zero-order valence-corrected chi connectivity index (χ0v) is 11.5. The second-order valence-electron chi connectivity index (χ2n) is 4.86. The van der Waals surface area contributed by atoms with Gasteiger partial charge in [0.1, 0.15) is 5.75 Å². The molecule has 1 aliphatic rings. The van der Waals surface area contributed by atoms with Crippen LogP contribution in [0.3, 0.4) is 0 Å². The number of nitrogens with two attached hydrogens (primary N) is 2. The maximum atomic E-state index is 10.6. The number of morpholine rings is 1. The highest BCUT2D eigenvalue weighted by Gasteiger charge is 2.18. The van der Waals surface area contributed by atoms with E-state index in [2.05, 4.69) is 4.90 Å².